The predicted octanol–water partition coefficient (Wildman–Crippen LogP) is 3.32. The molecule has 0 saturated carbocycles. The summed E-state index contributed by atoms with van der Waals surface area (Å²) in [5, 5.41) is 2.21. The summed E-state index contributed by atoms with van der Waals surface area (Å²) in [5.41, 5.74) is 2.35. The van der Waals surface area contributed by atoms with Crippen molar-refractivity contribution in [2.45, 2.75) is 38.5 Å². The Labute approximate surface area is 72.3 Å². The molecule has 60 valence electrons. The molecule has 1 heterocycles. The Balaban J connectivity index is 2.63. The molecule has 0 spiro atoms. The maximum Gasteiger partial charge on any atom is 0.0148 e. The van der Waals surface area contributed by atoms with Crippen LogP contribution in [0, 0.1) is 0 Å². The lowest BCUT2D eigenvalue weighted by Gasteiger charge is -2.51. The Bertz CT molecular complexity index is 263. The van der Waals surface area contributed by atoms with Crippen LogP contribution >= 0.6 is 11.3 Å². The number of hydrogen-bond donors (Lipinski definition) is 0. The van der Waals surface area contributed by atoms with E-state index < -0.39 is 0 Å². The summed E-state index contributed by atoms with van der Waals surface area (Å²) < 4.78 is 0. The summed E-state index contributed by atoms with van der Waals surface area (Å²) in [5.74, 6) is 0. The fourth-order valence-corrected chi connectivity index (χ4v) is 3.18. The molecule has 0 radical (unpaired) electrons. The molecule has 1 heteroatoms. The average Bonchev–Trinajstić information content (AvgIpc) is 2.32. The zero-order valence-corrected chi connectivity index (χ0v) is 8.38. The van der Waals surface area contributed by atoms with Gasteiger partial charge in [0.1, 0.15) is 0 Å². The quantitative estimate of drug-likeness (QED) is 0.554. The van der Waals surface area contributed by atoms with Gasteiger partial charge < -0.3 is 0 Å². The molecule has 0 saturated heterocycles. The van der Waals surface area contributed by atoms with Gasteiger partial charge in [0.05, 0.1) is 0 Å². The number of rotatable bonds is 0. The van der Waals surface area contributed by atoms with Gasteiger partial charge in [-0.05, 0) is 17.0 Å². The molecular formula is C10H14S. The zero-order chi connectivity index (χ0) is 8.28. The lowest BCUT2D eigenvalue weighted by Crippen LogP contribution is -2.49. The van der Waals surface area contributed by atoms with E-state index in [0.717, 1.165) is 0 Å². The lowest BCUT2D eigenvalue weighted by atomic mass is 9.53. The number of fused-ring (bicyclic) bond motifs is 1. The Morgan fingerprint density at radius 3 is 2.27 bits per heavy atom. The predicted molar refractivity (Wildman–Crippen MR) is 50.4 cm³/mol. The molecule has 0 aliphatic heterocycles. The van der Waals surface area contributed by atoms with Crippen molar-refractivity contribution < 1.29 is 0 Å². The molecule has 0 N–H and O–H groups in total. The van der Waals surface area contributed by atoms with Crippen molar-refractivity contribution in [1.82, 2.24) is 0 Å². The molecule has 1 aromatic heterocycles. The lowest BCUT2D eigenvalue weighted by molar-refractivity contribution is 0.251. The Kier molecular flexibility index (Phi) is 1.15. The monoisotopic (exact) mass is 166 g/mol. The van der Waals surface area contributed by atoms with E-state index >= 15 is 0 Å². The van der Waals surface area contributed by atoms with Gasteiger partial charge in [-0.15, -0.1) is 11.3 Å². The van der Waals surface area contributed by atoms with Crippen LogP contribution in [0.5, 0.6) is 0 Å². The highest BCUT2D eigenvalue weighted by Crippen LogP contribution is 2.57. The molecule has 1 aliphatic rings. The fraction of sp³-hybridized carbons (Fsp3) is 0.600. The van der Waals surface area contributed by atoms with Gasteiger partial charge in [-0.1, -0.05) is 27.7 Å². The molecule has 0 bridgehead atoms. The van der Waals surface area contributed by atoms with E-state index in [1.165, 1.54) is 0 Å². The first kappa shape index (κ1) is 7.35. The molecule has 0 fully saturated rings. The van der Waals surface area contributed by atoms with Crippen LogP contribution in [-0.4, -0.2) is 0 Å². The normalized spacial score (nSPS) is 24.0. The minimum absolute atomic E-state index is 0.391. The van der Waals surface area contributed by atoms with Crippen LogP contribution in [0.4, 0.5) is 0 Å². The molecular weight excluding hydrogens is 152 g/mol. The van der Waals surface area contributed by atoms with Crippen molar-refractivity contribution in [1.29, 1.82) is 0 Å². The van der Waals surface area contributed by atoms with Crippen LogP contribution in [0.25, 0.3) is 0 Å². The maximum absolute atomic E-state index is 2.34. The van der Waals surface area contributed by atoms with E-state index in [4.69, 9.17) is 0 Å². The Morgan fingerprint density at radius 2 is 1.73 bits per heavy atom. The molecule has 2 rings (SSSR count). The van der Waals surface area contributed by atoms with Crippen molar-refractivity contribution in [3.05, 3.63) is 21.9 Å². The summed E-state index contributed by atoms with van der Waals surface area (Å²) in [7, 11) is 0. The van der Waals surface area contributed by atoms with Crippen LogP contribution in [0.2, 0.25) is 0 Å². The van der Waals surface area contributed by atoms with Gasteiger partial charge in [0.15, 0.2) is 0 Å². The van der Waals surface area contributed by atoms with Crippen LogP contribution in [0.15, 0.2) is 11.4 Å². The summed E-state index contributed by atoms with van der Waals surface area (Å²) in [6.45, 7) is 9.35. The highest BCUT2D eigenvalue weighted by Gasteiger charge is 2.51. The number of hydrogen-bond acceptors (Lipinski definition) is 1. The maximum atomic E-state index is 2.34. The van der Waals surface area contributed by atoms with Crippen LogP contribution in [0.1, 0.15) is 38.1 Å². The molecule has 0 amide bonds. The van der Waals surface area contributed by atoms with Gasteiger partial charge in [0, 0.05) is 15.7 Å². The average molecular weight is 166 g/mol. The highest BCUT2D eigenvalue weighted by atomic mass is 32.1. The van der Waals surface area contributed by atoms with Crippen LogP contribution < -0.4 is 0 Å². The van der Waals surface area contributed by atoms with Crippen molar-refractivity contribution >= 4 is 11.3 Å². The number of thiophene rings is 1. The van der Waals surface area contributed by atoms with Gasteiger partial charge in [0.25, 0.3) is 0 Å². The zero-order valence-electron chi connectivity index (χ0n) is 7.56. The Morgan fingerprint density at radius 1 is 1.09 bits per heavy atom. The van der Waals surface area contributed by atoms with Crippen LogP contribution in [-0.2, 0) is 10.8 Å². The molecule has 0 atom stereocenters. The summed E-state index contributed by atoms with van der Waals surface area (Å²) in [4.78, 5) is 1.59. The van der Waals surface area contributed by atoms with Gasteiger partial charge in [-0.2, -0.15) is 0 Å². The molecule has 1 aliphatic carbocycles. The van der Waals surface area contributed by atoms with E-state index in [1.807, 2.05) is 11.3 Å². The molecule has 1 aromatic rings. The van der Waals surface area contributed by atoms with Gasteiger partial charge in [-0.3, -0.25) is 0 Å². The first-order chi connectivity index (χ1) is 4.98. The largest absolute Gasteiger partial charge is 0.148 e. The van der Waals surface area contributed by atoms with Crippen molar-refractivity contribution in [3.8, 4) is 0 Å². The van der Waals surface area contributed by atoms with E-state index in [0.29, 0.717) is 10.8 Å². The third-order valence-corrected chi connectivity index (χ3v) is 4.71. The second-order valence-electron chi connectivity index (χ2n) is 4.41. The first-order valence-corrected chi connectivity index (χ1v) is 4.94. The van der Waals surface area contributed by atoms with Gasteiger partial charge in [0.2, 0.25) is 0 Å². The smallest absolute Gasteiger partial charge is 0.0148 e. The molecule has 0 nitrogen and oxygen atoms in total. The van der Waals surface area contributed by atoms with E-state index in [9.17, 15) is 0 Å². The molecule has 0 aromatic carbocycles. The summed E-state index contributed by atoms with van der Waals surface area (Å²) >= 11 is 1.90. The SMILES string of the molecule is CC1(C)c2ccsc2C1(C)C. The van der Waals surface area contributed by atoms with Crippen LogP contribution in [0.3, 0.4) is 0 Å². The molecule has 0 unspecified atom stereocenters. The third kappa shape index (κ3) is 0.610. The minimum Gasteiger partial charge on any atom is -0.148 e. The van der Waals surface area contributed by atoms with Crippen molar-refractivity contribution in [3.63, 3.8) is 0 Å². The van der Waals surface area contributed by atoms with Crippen molar-refractivity contribution in [2.24, 2.45) is 0 Å². The summed E-state index contributed by atoms with van der Waals surface area (Å²) in [6.07, 6.45) is 0. The molecule has 11 heavy (non-hydrogen) atoms. The van der Waals surface area contributed by atoms with E-state index in [-0.39, 0.29) is 0 Å². The van der Waals surface area contributed by atoms with Gasteiger partial charge in [-0.25, -0.2) is 0 Å². The first-order valence-electron chi connectivity index (χ1n) is 4.06. The minimum atomic E-state index is 0.391. The second kappa shape index (κ2) is 1.71. The standard InChI is InChI=1S/C10H14S/c1-9(2)7-5-6-11-8(7)10(9,3)4/h5-6H,1-4H3. The van der Waals surface area contributed by atoms with E-state index in [1.54, 1.807) is 10.4 Å². The second-order valence-corrected chi connectivity index (χ2v) is 5.33. The topological polar surface area (TPSA) is 0 Å². The van der Waals surface area contributed by atoms with Gasteiger partial charge >= 0.3 is 0 Å². The van der Waals surface area contributed by atoms with Crippen molar-refractivity contribution in [2.75, 3.05) is 0 Å². The Hall–Kier alpha value is -0.300. The van der Waals surface area contributed by atoms with E-state index in [2.05, 4.69) is 39.1 Å². The highest BCUT2D eigenvalue weighted by molar-refractivity contribution is 7.10. The fourth-order valence-electron chi connectivity index (χ4n) is 1.84. The summed E-state index contributed by atoms with van der Waals surface area (Å²) in [6, 6.07) is 2.27. The third-order valence-electron chi connectivity index (χ3n) is 3.47.